The molecule has 5 nitrogen and oxygen atoms in total. The van der Waals surface area contributed by atoms with E-state index in [2.05, 4.69) is 5.32 Å². The summed E-state index contributed by atoms with van der Waals surface area (Å²) < 4.78 is 0. The van der Waals surface area contributed by atoms with E-state index in [9.17, 15) is 9.59 Å². The number of carbonyl (C=O) groups excluding carboxylic acids is 2. The number of likely N-dealkylation sites (tertiary alicyclic amines) is 1. The standard InChI is InChI=1S/C15H20ClN3O2/c16-13-6-2-1-4-11(13)8-12-5-3-7-19(12)15(21)10-18-14(20)9-17/h1-2,4,6,12H,3,5,7-10,17H2,(H,18,20). The fourth-order valence-corrected chi connectivity index (χ4v) is 2.85. The second kappa shape index (κ2) is 7.43. The lowest BCUT2D eigenvalue weighted by Gasteiger charge is -2.25. The lowest BCUT2D eigenvalue weighted by Crippen LogP contribution is -2.44. The van der Waals surface area contributed by atoms with Gasteiger partial charge in [0.1, 0.15) is 0 Å². The summed E-state index contributed by atoms with van der Waals surface area (Å²) in [5.41, 5.74) is 6.26. The first-order valence-electron chi connectivity index (χ1n) is 7.11. The Kier molecular flexibility index (Phi) is 5.59. The van der Waals surface area contributed by atoms with Crippen LogP contribution in [0.3, 0.4) is 0 Å². The molecule has 1 saturated heterocycles. The summed E-state index contributed by atoms with van der Waals surface area (Å²) >= 11 is 6.18. The average Bonchev–Trinajstić information content (AvgIpc) is 2.95. The number of amides is 2. The Labute approximate surface area is 129 Å². The molecule has 1 fully saturated rings. The summed E-state index contributed by atoms with van der Waals surface area (Å²) in [4.78, 5) is 25.1. The van der Waals surface area contributed by atoms with Crippen molar-refractivity contribution in [3.8, 4) is 0 Å². The molecule has 0 radical (unpaired) electrons. The molecule has 0 aromatic heterocycles. The summed E-state index contributed by atoms with van der Waals surface area (Å²) in [5.74, 6) is -0.378. The zero-order valence-corrected chi connectivity index (χ0v) is 12.6. The summed E-state index contributed by atoms with van der Waals surface area (Å²) in [5, 5.41) is 3.25. The van der Waals surface area contributed by atoms with Gasteiger partial charge >= 0.3 is 0 Å². The van der Waals surface area contributed by atoms with Crippen molar-refractivity contribution in [3.05, 3.63) is 34.9 Å². The Bertz CT molecular complexity index is 521. The molecule has 1 aliphatic heterocycles. The van der Waals surface area contributed by atoms with Crippen LogP contribution in [0, 0.1) is 0 Å². The minimum Gasteiger partial charge on any atom is -0.346 e. The molecule has 1 atom stereocenters. The molecule has 0 spiro atoms. The van der Waals surface area contributed by atoms with Crippen LogP contribution in [0.15, 0.2) is 24.3 Å². The van der Waals surface area contributed by atoms with E-state index in [0.29, 0.717) is 0 Å². The predicted octanol–water partition coefficient (Wildman–Crippen LogP) is 0.948. The van der Waals surface area contributed by atoms with Gasteiger partial charge in [0.25, 0.3) is 0 Å². The zero-order chi connectivity index (χ0) is 15.2. The Morgan fingerprint density at radius 2 is 2.14 bits per heavy atom. The van der Waals surface area contributed by atoms with Crippen molar-refractivity contribution in [1.82, 2.24) is 10.2 Å². The topological polar surface area (TPSA) is 75.4 Å². The first-order valence-corrected chi connectivity index (χ1v) is 7.49. The molecule has 1 aromatic carbocycles. The molecule has 1 aromatic rings. The van der Waals surface area contributed by atoms with Gasteiger partial charge in [-0.25, -0.2) is 0 Å². The van der Waals surface area contributed by atoms with E-state index >= 15 is 0 Å². The highest BCUT2D eigenvalue weighted by Gasteiger charge is 2.29. The van der Waals surface area contributed by atoms with Gasteiger partial charge in [-0.1, -0.05) is 29.8 Å². The molecule has 0 bridgehead atoms. The van der Waals surface area contributed by atoms with Crippen LogP contribution < -0.4 is 11.1 Å². The summed E-state index contributed by atoms with van der Waals surface area (Å²) in [6.45, 7) is 0.637. The van der Waals surface area contributed by atoms with Gasteiger partial charge in [0.05, 0.1) is 13.1 Å². The maximum absolute atomic E-state index is 12.2. The number of rotatable bonds is 5. The van der Waals surface area contributed by atoms with Gasteiger partial charge in [-0.05, 0) is 30.9 Å². The van der Waals surface area contributed by atoms with Gasteiger partial charge in [-0.2, -0.15) is 0 Å². The second-order valence-corrected chi connectivity index (χ2v) is 5.57. The zero-order valence-electron chi connectivity index (χ0n) is 11.8. The van der Waals surface area contributed by atoms with E-state index in [-0.39, 0.29) is 30.9 Å². The van der Waals surface area contributed by atoms with Crippen LogP contribution in [0.1, 0.15) is 18.4 Å². The van der Waals surface area contributed by atoms with Crippen LogP contribution in [-0.2, 0) is 16.0 Å². The predicted molar refractivity (Wildman–Crippen MR) is 82.0 cm³/mol. The second-order valence-electron chi connectivity index (χ2n) is 5.16. The molecule has 114 valence electrons. The first kappa shape index (κ1) is 15.8. The molecule has 2 rings (SSSR count). The fourth-order valence-electron chi connectivity index (χ4n) is 2.64. The van der Waals surface area contributed by atoms with Crippen molar-refractivity contribution in [3.63, 3.8) is 0 Å². The highest BCUT2D eigenvalue weighted by Crippen LogP contribution is 2.24. The monoisotopic (exact) mass is 309 g/mol. The number of nitrogens with zero attached hydrogens (tertiary/aromatic N) is 1. The third kappa shape index (κ3) is 4.19. The van der Waals surface area contributed by atoms with Crippen molar-refractivity contribution >= 4 is 23.4 Å². The van der Waals surface area contributed by atoms with Gasteiger partial charge in [-0.3, -0.25) is 9.59 Å². The van der Waals surface area contributed by atoms with E-state index < -0.39 is 0 Å². The highest BCUT2D eigenvalue weighted by atomic mass is 35.5. The Morgan fingerprint density at radius 1 is 1.38 bits per heavy atom. The molecule has 1 unspecified atom stereocenters. The van der Waals surface area contributed by atoms with Crippen LogP contribution in [0.25, 0.3) is 0 Å². The highest BCUT2D eigenvalue weighted by molar-refractivity contribution is 6.31. The molecule has 6 heteroatoms. The SMILES string of the molecule is NCC(=O)NCC(=O)N1CCCC1Cc1ccccc1Cl. The number of carbonyl (C=O) groups is 2. The molecule has 1 aliphatic rings. The van der Waals surface area contributed by atoms with Crippen molar-refractivity contribution in [2.75, 3.05) is 19.6 Å². The van der Waals surface area contributed by atoms with Gasteiger partial charge < -0.3 is 16.0 Å². The van der Waals surface area contributed by atoms with Gasteiger partial charge in [0.2, 0.25) is 11.8 Å². The van der Waals surface area contributed by atoms with Crippen LogP contribution in [0.2, 0.25) is 5.02 Å². The Morgan fingerprint density at radius 3 is 2.86 bits per heavy atom. The van der Waals surface area contributed by atoms with E-state index in [1.807, 2.05) is 29.2 Å². The van der Waals surface area contributed by atoms with Gasteiger partial charge in [0.15, 0.2) is 0 Å². The number of benzene rings is 1. The first-order chi connectivity index (χ1) is 10.1. The molecule has 2 amide bonds. The molecule has 0 saturated carbocycles. The van der Waals surface area contributed by atoms with Gasteiger partial charge in [-0.15, -0.1) is 0 Å². The molecule has 1 heterocycles. The average molecular weight is 310 g/mol. The van der Waals surface area contributed by atoms with Gasteiger partial charge in [0, 0.05) is 17.6 Å². The molecule has 21 heavy (non-hydrogen) atoms. The molecular formula is C15H20ClN3O2. The van der Waals surface area contributed by atoms with Crippen LogP contribution >= 0.6 is 11.6 Å². The van der Waals surface area contributed by atoms with E-state index in [1.54, 1.807) is 0 Å². The maximum atomic E-state index is 12.2. The van der Waals surface area contributed by atoms with Crippen LogP contribution in [-0.4, -0.2) is 42.4 Å². The molecular weight excluding hydrogens is 290 g/mol. The third-order valence-corrected chi connectivity index (χ3v) is 4.10. The fraction of sp³-hybridized carbons (Fsp3) is 0.467. The Hall–Kier alpha value is -1.59. The van der Waals surface area contributed by atoms with Crippen LogP contribution in [0.5, 0.6) is 0 Å². The van der Waals surface area contributed by atoms with Crippen molar-refractivity contribution in [1.29, 1.82) is 0 Å². The third-order valence-electron chi connectivity index (χ3n) is 3.73. The summed E-state index contributed by atoms with van der Waals surface area (Å²) in [6, 6.07) is 7.83. The molecule has 3 N–H and O–H groups in total. The van der Waals surface area contributed by atoms with E-state index in [4.69, 9.17) is 17.3 Å². The minimum atomic E-state index is -0.315. The quantitative estimate of drug-likeness (QED) is 0.850. The number of hydrogen-bond donors (Lipinski definition) is 2. The lowest BCUT2D eigenvalue weighted by atomic mass is 10.0. The van der Waals surface area contributed by atoms with Crippen molar-refractivity contribution in [2.45, 2.75) is 25.3 Å². The summed E-state index contributed by atoms with van der Waals surface area (Å²) in [6.07, 6.45) is 2.68. The minimum absolute atomic E-state index is 0.00898. The number of nitrogens with two attached hydrogens (primary N) is 1. The smallest absolute Gasteiger partial charge is 0.242 e. The number of hydrogen-bond acceptors (Lipinski definition) is 3. The Balaban J connectivity index is 1.95. The van der Waals surface area contributed by atoms with E-state index in [0.717, 1.165) is 36.4 Å². The molecule has 0 aliphatic carbocycles. The van der Waals surface area contributed by atoms with E-state index in [1.165, 1.54) is 0 Å². The van der Waals surface area contributed by atoms with Crippen LogP contribution in [0.4, 0.5) is 0 Å². The largest absolute Gasteiger partial charge is 0.346 e. The van der Waals surface area contributed by atoms with Crippen molar-refractivity contribution < 1.29 is 9.59 Å². The maximum Gasteiger partial charge on any atom is 0.242 e. The number of halogens is 1. The summed E-state index contributed by atoms with van der Waals surface area (Å²) in [7, 11) is 0. The lowest BCUT2D eigenvalue weighted by molar-refractivity contribution is -0.133. The number of nitrogens with one attached hydrogen (secondary N) is 1. The normalized spacial score (nSPS) is 17.8. The van der Waals surface area contributed by atoms with Crippen molar-refractivity contribution in [2.24, 2.45) is 5.73 Å².